The Bertz CT molecular complexity index is 413. The normalized spacial score (nSPS) is 9.93. The summed E-state index contributed by atoms with van der Waals surface area (Å²) in [6, 6.07) is 2.94. The molecule has 74 valence electrons. The molecule has 0 radical (unpaired) electrons. The molecule has 0 amide bonds. The van der Waals surface area contributed by atoms with E-state index in [1.165, 1.54) is 12.1 Å². The predicted molar refractivity (Wildman–Crippen MR) is 58.1 cm³/mol. The minimum absolute atomic E-state index is 0.103. The first-order chi connectivity index (χ1) is 6.45. The van der Waals surface area contributed by atoms with Gasteiger partial charge in [0.1, 0.15) is 0 Å². The SMILES string of the molecule is C=C(C(=O)O)c1ccc(Cl)c(Cl)c1Cl. The number of carbonyl (C=O) groups is 1. The molecule has 0 bridgehead atoms. The largest absolute Gasteiger partial charge is 0.478 e. The Labute approximate surface area is 95.7 Å². The van der Waals surface area contributed by atoms with Gasteiger partial charge in [0.2, 0.25) is 0 Å². The highest BCUT2D eigenvalue weighted by Crippen LogP contribution is 2.35. The monoisotopic (exact) mass is 250 g/mol. The number of carboxylic acids is 1. The summed E-state index contributed by atoms with van der Waals surface area (Å²) in [4.78, 5) is 10.6. The van der Waals surface area contributed by atoms with Crippen molar-refractivity contribution in [3.63, 3.8) is 0 Å². The minimum Gasteiger partial charge on any atom is -0.478 e. The number of carboxylic acid groups (broad SMARTS) is 1. The Balaban J connectivity index is 3.31. The molecule has 5 heteroatoms. The maximum Gasteiger partial charge on any atom is 0.335 e. The van der Waals surface area contributed by atoms with Crippen LogP contribution in [0.3, 0.4) is 0 Å². The molecule has 0 saturated carbocycles. The van der Waals surface area contributed by atoms with Gasteiger partial charge in [0.15, 0.2) is 0 Å². The summed E-state index contributed by atoms with van der Waals surface area (Å²) < 4.78 is 0. The fourth-order valence-electron chi connectivity index (χ4n) is 0.874. The van der Waals surface area contributed by atoms with Crippen LogP contribution >= 0.6 is 34.8 Å². The van der Waals surface area contributed by atoms with Gasteiger partial charge >= 0.3 is 5.97 Å². The standard InChI is InChI=1S/C9H5Cl3O2/c1-4(9(13)14)5-2-3-6(10)8(12)7(5)11/h2-3H,1H2,(H,13,14). The lowest BCUT2D eigenvalue weighted by Gasteiger charge is -2.06. The number of hydrogen-bond acceptors (Lipinski definition) is 1. The quantitative estimate of drug-likeness (QED) is 0.642. The van der Waals surface area contributed by atoms with E-state index in [-0.39, 0.29) is 26.2 Å². The molecule has 0 atom stereocenters. The second kappa shape index (κ2) is 4.22. The van der Waals surface area contributed by atoms with Crippen molar-refractivity contribution < 1.29 is 9.90 Å². The molecular formula is C9H5Cl3O2. The number of rotatable bonds is 2. The summed E-state index contributed by atoms with van der Waals surface area (Å²) in [6.07, 6.45) is 0. The van der Waals surface area contributed by atoms with Gasteiger partial charge in [-0.3, -0.25) is 0 Å². The molecule has 1 N–H and O–H groups in total. The van der Waals surface area contributed by atoms with Gasteiger partial charge in [-0.1, -0.05) is 47.4 Å². The fraction of sp³-hybridized carbons (Fsp3) is 0. The Morgan fingerprint density at radius 2 is 1.79 bits per heavy atom. The summed E-state index contributed by atoms with van der Waals surface area (Å²) in [5.74, 6) is -1.15. The van der Waals surface area contributed by atoms with Crippen LogP contribution in [0.4, 0.5) is 0 Å². The molecule has 0 aliphatic carbocycles. The van der Waals surface area contributed by atoms with Crippen LogP contribution in [0.25, 0.3) is 5.57 Å². The van der Waals surface area contributed by atoms with Crippen LogP contribution < -0.4 is 0 Å². The van der Waals surface area contributed by atoms with Crippen LogP contribution in [-0.2, 0) is 4.79 Å². The summed E-state index contributed by atoms with van der Waals surface area (Å²) in [5.41, 5.74) is 0.155. The second-order valence-electron chi connectivity index (χ2n) is 2.51. The summed E-state index contributed by atoms with van der Waals surface area (Å²) in [6.45, 7) is 3.37. The number of benzene rings is 1. The Morgan fingerprint density at radius 1 is 1.21 bits per heavy atom. The van der Waals surface area contributed by atoms with E-state index in [1.807, 2.05) is 0 Å². The average molecular weight is 251 g/mol. The first-order valence-corrected chi connectivity index (χ1v) is 4.64. The van der Waals surface area contributed by atoms with E-state index < -0.39 is 5.97 Å². The van der Waals surface area contributed by atoms with E-state index in [1.54, 1.807) is 0 Å². The van der Waals surface area contributed by atoms with Crippen molar-refractivity contribution in [2.75, 3.05) is 0 Å². The van der Waals surface area contributed by atoms with Crippen molar-refractivity contribution in [3.8, 4) is 0 Å². The lowest BCUT2D eigenvalue weighted by atomic mass is 10.1. The maximum atomic E-state index is 10.6. The van der Waals surface area contributed by atoms with Crippen LogP contribution in [0.15, 0.2) is 18.7 Å². The van der Waals surface area contributed by atoms with Crippen molar-refractivity contribution in [1.82, 2.24) is 0 Å². The van der Waals surface area contributed by atoms with Crippen molar-refractivity contribution in [2.24, 2.45) is 0 Å². The topological polar surface area (TPSA) is 37.3 Å². The molecule has 0 fully saturated rings. The third-order valence-electron chi connectivity index (χ3n) is 1.62. The highest BCUT2D eigenvalue weighted by molar-refractivity contribution is 6.49. The van der Waals surface area contributed by atoms with Gasteiger partial charge in [-0.05, 0) is 6.07 Å². The molecule has 0 aromatic heterocycles. The lowest BCUT2D eigenvalue weighted by molar-refractivity contribution is -0.130. The van der Waals surface area contributed by atoms with Gasteiger partial charge in [0, 0.05) is 5.56 Å². The Hall–Kier alpha value is -0.700. The third-order valence-corrected chi connectivity index (χ3v) is 2.91. The number of halogens is 3. The van der Waals surface area contributed by atoms with Gasteiger partial charge in [0.25, 0.3) is 0 Å². The zero-order valence-corrected chi connectivity index (χ0v) is 9.12. The van der Waals surface area contributed by atoms with Crippen LogP contribution in [0, 0.1) is 0 Å². The van der Waals surface area contributed by atoms with E-state index in [0.717, 1.165) is 0 Å². The van der Waals surface area contributed by atoms with Crippen LogP contribution in [-0.4, -0.2) is 11.1 Å². The maximum absolute atomic E-state index is 10.6. The summed E-state index contributed by atoms with van der Waals surface area (Å²) >= 11 is 17.2. The molecule has 2 nitrogen and oxygen atoms in total. The summed E-state index contributed by atoms with van der Waals surface area (Å²) in [5, 5.41) is 9.20. The number of hydrogen-bond donors (Lipinski definition) is 1. The first kappa shape index (κ1) is 11.4. The van der Waals surface area contributed by atoms with Gasteiger partial charge in [0.05, 0.1) is 20.6 Å². The molecule has 0 heterocycles. The van der Waals surface area contributed by atoms with Gasteiger partial charge in [-0.25, -0.2) is 4.79 Å². The molecule has 14 heavy (non-hydrogen) atoms. The first-order valence-electron chi connectivity index (χ1n) is 3.51. The van der Waals surface area contributed by atoms with Crippen LogP contribution in [0.5, 0.6) is 0 Å². The van der Waals surface area contributed by atoms with E-state index in [4.69, 9.17) is 39.9 Å². The van der Waals surface area contributed by atoms with Gasteiger partial charge < -0.3 is 5.11 Å². The fourth-order valence-corrected chi connectivity index (χ4v) is 1.52. The highest BCUT2D eigenvalue weighted by atomic mass is 35.5. The summed E-state index contributed by atoms with van der Waals surface area (Å²) in [7, 11) is 0. The molecule has 0 unspecified atom stereocenters. The second-order valence-corrected chi connectivity index (χ2v) is 3.67. The predicted octanol–water partition coefficient (Wildman–Crippen LogP) is 3.74. The van der Waals surface area contributed by atoms with Gasteiger partial charge in [-0.2, -0.15) is 0 Å². The Morgan fingerprint density at radius 3 is 2.29 bits per heavy atom. The molecule has 0 aliphatic heterocycles. The molecule has 0 aliphatic rings. The Kier molecular flexibility index (Phi) is 3.43. The third kappa shape index (κ3) is 2.03. The van der Waals surface area contributed by atoms with Crippen molar-refractivity contribution >= 4 is 46.3 Å². The van der Waals surface area contributed by atoms with Crippen molar-refractivity contribution in [3.05, 3.63) is 39.3 Å². The van der Waals surface area contributed by atoms with E-state index in [0.29, 0.717) is 0 Å². The van der Waals surface area contributed by atoms with Gasteiger partial charge in [-0.15, -0.1) is 0 Å². The average Bonchev–Trinajstić information content (AvgIpc) is 2.13. The molecule has 0 saturated heterocycles. The lowest BCUT2D eigenvalue weighted by Crippen LogP contribution is -1.98. The van der Waals surface area contributed by atoms with Crippen LogP contribution in [0.2, 0.25) is 15.1 Å². The zero-order chi connectivity index (χ0) is 10.9. The molecule has 0 spiro atoms. The molecule has 1 aromatic carbocycles. The molecule has 1 rings (SSSR count). The van der Waals surface area contributed by atoms with Crippen molar-refractivity contribution in [2.45, 2.75) is 0 Å². The zero-order valence-electron chi connectivity index (χ0n) is 6.85. The highest BCUT2D eigenvalue weighted by Gasteiger charge is 2.14. The smallest absolute Gasteiger partial charge is 0.335 e. The van der Waals surface area contributed by atoms with Crippen LogP contribution in [0.1, 0.15) is 5.56 Å². The van der Waals surface area contributed by atoms with E-state index >= 15 is 0 Å². The molecular weight excluding hydrogens is 246 g/mol. The van der Waals surface area contributed by atoms with E-state index in [2.05, 4.69) is 6.58 Å². The van der Waals surface area contributed by atoms with E-state index in [9.17, 15) is 4.79 Å². The molecule has 1 aromatic rings. The number of aliphatic carboxylic acids is 1. The van der Waals surface area contributed by atoms with Crippen molar-refractivity contribution in [1.29, 1.82) is 0 Å². The minimum atomic E-state index is -1.15.